The van der Waals surface area contributed by atoms with Crippen LogP contribution < -0.4 is 10.9 Å². The number of carbonyl (C=O) groups excluding carboxylic acids is 2. The number of aromatic amines is 1. The normalized spacial score (nSPS) is 15.2. The van der Waals surface area contributed by atoms with Crippen LogP contribution in [0.25, 0.3) is 10.2 Å². The van der Waals surface area contributed by atoms with E-state index in [0.29, 0.717) is 16.0 Å². The molecule has 0 bridgehead atoms. The minimum atomic E-state index is -0.211. The van der Waals surface area contributed by atoms with Gasteiger partial charge < -0.3 is 15.2 Å². The largest absolute Gasteiger partial charge is 0.347 e. The highest BCUT2D eigenvalue weighted by molar-refractivity contribution is 7.17. The van der Waals surface area contributed by atoms with Gasteiger partial charge >= 0.3 is 0 Å². The predicted octanol–water partition coefficient (Wildman–Crippen LogP) is 1.64. The van der Waals surface area contributed by atoms with Gasteiger partial charge in [0, 0.05) is 13.0 Å². The molecule has 0 saturated heterocycles. The molecule has 2 heterocycles. The molecule has 1 aliphatic carbocycles. The van der Waals surface area contributed by atoms with E-state index >= 15 is 0 Å². The number of H-pyrrole nitrogens is 1. The molecule has 3 rings (SSSR count). The SMILES string of the molecule is CN(Cc1nc2ccsc2c(=O)[nH]1)C(=O)CNC(=O)C1CCCCC1. The maximum Gasteiger partial charge on any atom is 0.268 e. The first-order valence-electron chi connectivity index (χ1n) is 8.52. The minimum Gasteiger partial charge on any atom is -0.347 e. The summed E-state index contributed by atoms with van der Waals surface area (Å²) in [5, 5.41) is 4.55. The van der Waals surface area contributed by atoms with Gasteiger partial charge in [0.1, 0.15) is 10.5 Å². The molecular weight excluding hydrogens is 340 g/mol. The third-order valence-corrected chi connectivity index (χ3v) is 5.47. The molecule has 2 aromatic rings. The van der Waals surface area contributed by atoms with Crippen molar-refractivity contribution in [2.75, 3.05) is 13.6 Å². The lowest BCUT2D eigenvalue weighted by molar-refractivity contribution is -0.133. The van der Waals surface area contributed by atoms with E-state index < -0.39 is 0 Å². The zero-order valence-corrected chi connectivity index (χ0v) is 15.0. The lowest BCUT2D eigenvalue weighted by Gasteiger charge is -2.22. The quantitative estimate of drug-likeness (QED) is 0.845. The fraction of sp³-hybridized carbons (Fsp3) is 0.529. The summed E-state index contributed by atoms with van der Waals surface area (Å²) in [5.41, 5.74) is 0.441. The van der Waals surface area contributed by atoms with Crippen LogP contribution in [0.15, 0.2) is 16.2 Å². The third-order valence-electron chi connectivity index (χ3n) is 4.57. The Bertz CT molecular complexity index is 823. The summed E-state index contributed by atoms with van der Waals surface area (Å²) in [4.78, 5) is 44.8. The topological polar surface area (TPSA) is 95.2 Å². The minimum absolute atomic E-state index is 0.0310. The Morgan fingerprint density at radius 2 is 2.12 bits per heavy atom. The predicted molar refractivity (Wildman–Crippen MR) is 96.3 cm³/mol. The van der Waals surface area contributed by atoms with Crippen LogP contribution in [0, 0.1) is 5.92 Å². The van der Waals surface area contributed by atoms with Crippen molar-refractivity contribution in [3.8, 4) is 0 Å². The summed E-state index contributed by atoms with van der Waals surface area (Å²) in [6, 6.07) is 1.78. The van der Waals surface area contributed by atoms with Crippen LogP contribution in [0.4, 0.5) is 0 Å². The first kappa shape index (κ1) is 17.6. The monoisotopic (exact) mass is 362 g/mol. The number of thiophene rings is 1. The number of rotatable bonds is 5. The fourth-order valence-corrected chi connectivity index (χ4v) is 3.84. The van der Waals surface area contributed by atoms with Gasteiger partial charge in [-0.3, -0.25) is 14.4 Å². The molecule has 2 amide bonds. The summed E-state index contributed by atoms with van der Waals surface area (Å²) in [5.74, 6) is 0.223. The standard InChI is InChI=1S/C17H22N4O3S/c1-21(10-13-19-12-7-8-25-15(12)17(24)20-13)14(22)9-18-16(23)11-5-3-2-4-6-11/h7-8,11H,2-6,9-10H2,1H3,(H,18,23)(H,19,20,24). The van der Waals surface area contributed by atoms with Gasteiger partial charge in [0.25, 0.3) is 5.56 Å². The highest BCUT2D eigenvalue weighted by Crippen LogP contribution is 2.23. The summed E-state index contributed by atoms with van der Waals surface area (Å²) in [7, 11) is 1.63. The molecule has 0 spiro atoms. The van der Waals surface area contributed by atoms with Crippen molar-refractivity contribution in [3.05, 3.63) is 27.6 Å². The summed E-state index contributed by atoms with van der Waals surface area (Å²) < 4.78 is 0.581. The zero-order valence-electron chi connectivity index (χ0n) is 14.2. The zero-order chi connectivity index (χ0) is 17.8. The second-order valence-corrected chi connectivity index (χ2v) is 7.37. The molecule has 0 atom stereocenters. The Kier molecular flexibility index (Phi) is 5.47. The summed E-state index contributed by atoms with van der Waals surface area (Å²) in [6.07, 6.45) is 5.15. The van der Waals surface area contributed by atoms with Gasteiger partial charge in [-0.2, -0.15) is 0 Å². The number of carbonyl (C=O) groups is 2. The van der Waals surface area contributed by atoms with Crippen molar-refractivity contribution >= 4 is 33.4 Å². The molecule has 7 nitrogen and oxygen atoms in total. The number of fused-ring (bicyclic) bond motifs is 1. The highest BCUT2D eigenvalue weighted by atomic mass is 32.1. The van der Waals surface area contributed by atoms with E-state index in [9.17, 15) is 14.4 Å². The Labute approximate surface area is 149 Å². The van der Waals surface area contributed by atoms with E-state index in [1.807, 2.05) is 5.38 Å². The highest BCUT2D eigenvalue weighted by Gasteiger charge is 2.22. The fourth-order valence-electron chi connectivity index (χ4n) is 3.12. The molecule has 134 valence electrons. The van der Waals surface area contributed by atoms with Gasteiger partial charge in [-0.25, -0.2) is 4.98 Å². The van der Waals surface area contributed by atoms with Gasteiger partial charge in [-0.1, -0.05) is 19.3 Å². The van der Waals surface area contributed by atoms with E-state index in [0.717, 1.165) is 25.7 Å². The number of likely N-dealkylation sites (N-methyl/N-ethyl adjacent to an activating group) is 1. The second-order valence-electron chi connectivity index (χ2n) is 6.45. The molecule has 1 aliphatic rings. The van der Waals surface area contributed by atoms with Gasteiger partial charge in [-0.05, 0) is 24.3 Å². The van der Waals surface area contributed by atoms with E-state index in [2.05, 4.69) is 15.3 Å². The maximum atomic E-state index is 12.2. The Balaban J connectivity index is 1.54. The van der Waals surface area contributed by atoms with Crippen LogP contribution in [-0.4, -0.2) is 40.3 Å². The molecule has 0 aliphatic heterocycles. The third kappa shape index (κ3) is 4.25. The Hall–Kier alpha value is -2.22. The van der Waals surface area contributed by atoms with E-state index in [4.69, 9.17) is 0 Å². The van der Waals surface area contributed by atoms with Gasteiger partial charge in [0.05, 0.1) is 18.6 Å². The number of nitrogens with one attached hydrogen (secondary N) is 2. The molecule has 1 saturated carbocycles. The summed E-state index contributed by atoms with van der Waals surface area (Å²) in [6.45, 7) is 0.163. The Morgan fingerprint density at radius 1 is 1.36 bits per heavy atom. The van der Waals surface area contributed by atoms with Crippen molar-refractivity contribution in [1.29, 1.82) is 0 Å². The van der Waals surface area contributed by atoms with E-state index in [-0.39, 0.29) is 36.4 Å². The molecular formula is C17H22N4O3S. The smallest absolute Gasteiger partial charge is 0.268 e. The molecule has 2 aromatic heterocycles. The molecule has 2 N–H and O–H groups in total. The van der Waals surface area contributed by atoms with Crippen molar-refractivity contribution in [3.63, 3.8) is 0 Å². The van der Waals surface area contributed by atoms with Crippen molar-refractivity contribution in [2.45, 2.75) is 38.6 Å². The van der Waals surface area contributed by atoms with Crippen LogP contribution in [0.5, 0.6) is 0 Å². The molecule has 0 unspecified atom stereocenters. The second kappa shape index (κ2) is 7.77. The number of hydrogen-bond donors (Lipinski definition) is 2. The van der Waals surface area contributed by atoms with Gasteiger partial charge in [-0.15, -0.1) is 11.3 Å². The first-order valence-corrected chi connectivity index (χ1v) is 9.40. The van der Waals surface area contributed by atoms with Crippen molar-refractivity contribution < 1.29 is 9.59 Å². The number of aromatic nitrogens is 2. The maximum absolute atomic E-state index is 12.2. The van der Waals surface area contributed by atoms with Crippen molar-refractivity contribution in [2.24, 2.45) is 5.92 Å². The van der Waals surface area contributed by atoms with Crippen LogP contribution in [0.1, 0.15) is 37.9 Å². The molecule has 25 heavy (non-hydrogen) atoms. The van der Waals surface area contributed by atoms with Crippen LogP contribution >= 0.6 is 11.3 Å². The lowest BCUT2D eigenvalue weighted by Crippen LogP contribution is -2.40. The lowest BCUT2D eigenvalue weighted by atomic mass is 9.89. The molecule has 0 aromatic carbocycles. The first-order chi connectivity index (χ1) is 12.0. The van der Waals surface area contributed by atoms with Gasteiger partial charge in [0.15, 0.2) is 0 Å². The Morgan fingerprint density at radius 3 is 2.88 bits per heavy atom. The molecule has 8 heteroatoms. The van der Waals surface area contributed by atoms with Crippen LogP contribution in [-0.2, 0) is 16.1 Å². The number of hydrogen-bond acceptors (Lipinski definition) is 5. The number of amides is 2. The average molecular weight is 362 g/mol. The van der Waals surface area contributed by atoms with Crippen molar-refractivity contribution in [1.82, 2.24) is 20.2 Å². The average Bonchev–Trinajstić information content (AvgIpc) is 3.09. The number of nitrogens with zero attached hydrogens (tertiary/aromatic N) is 2. The summed E-state index contributed by atoms with van der Waals surface area (Å²) >= 11 is 1.34. The molecule has 1 fully saturated rings. The van der Waals surface area contributed by atoms with Crippen LogP contribution in [0.3, 0.4) is 0 Å². The van der Waals surface area contributed by atoms with E-state index in [1.165, 1.54) is 22.7 Å². The van der Waals surface area contributed by atoms with E-state index in [1.54, 1.807) is 13.1 Å². The molecule has 0 radical (unpaired) electrons. The van der Waals surface area contributed by atoms with Crippen LogP contribution in [0.2, 0.25) is 0 Å². The van der Waals surface area contributed by atoms with Gasteiger partial charge in [0.2, 0.25) is 11.8 Å².